The molecule has 2 fully saturated rings. The summed E-state index contributed by atoms with van der Waals surface area (Å²) < 4.78 is 5.33. The van der Waals surface area contributed by atoms with Gasteiger partial charge in [0.25, 0.3) is 0 Å². The zero-order valence-electron chi connectivity index (χ0n) is 14.3. The number of carbonyl (C=O) groups excluding carboxylic acids is 1. The number of aromatic nitrogens is 2. The van der Waals surface area contributed by atoms with Crippen LogP contribution in [0.4, 0.5) is 5.82 Å². The van der Waals surface area contributed by atoms with Gasteiger partial charge in [-0.25, -0.2) is 9.97 Å². The molecule has 6 heteroatoms. The monoisotopic (exact) mass is 318 g/mol. The summed E-state index contributed by atoms with van der Waals surface area (Å²) >= 11 is 0. The van der Waals surface area contributed by atoms with E-state index >= 15 is 0 Å². The summed E-state index contributed by atoms with van der Waals surface area (Å²) in [6.45, 7) is 10.7. The Hall–Kier alpha value is -1.69. The van der Waals surface area contributed by atoms with Crippen molar-refractivity contribution in [1.29, 1.82) is 0 Å². The topological polar surface area (TPSA) is 58.6 Å². The summed E-state index contributed by atoms with van der Waals surface area (Å²) in [5.74, 6) is 2.51. The number of nitrogens with zero attached hydrogens (tertiary/aromatic N) is 4. The van der Waals surface area contributed by atoms with Gasteiger partial charge in [-0.1, -0.05) is 13.8 Å². The molecular weight excluding hydrogens is 292 g/mol. The van der Waals surface area contributed by atoms with E-state index in [1.54, 1.807) is 0 Å². The van der Waals surface area contributed by atoms with Gasteiger partial charge in [0, 0.05) is 50.5 Å². The molecule has 6 nitrogen and oxygen atoms in total. The minimum Gasteiger partial charge on any atom is -0.381 e. The smallest absolute Gasteiger partial charge is 0.228 e. The minimum absolute atomic E-state index is 0.0652. The van der Waals surface area contributed by atoms with Gasteiger partial charge in [-0.15, -0.1) is 0 Å². The van der Waals surface area contributed by atoms with Crippen molar-refractivity contribution in [1.82, 2.24) is 14.9 Å². The molecule has 3 heterocycles. The molecule has 1 aromatic heterocycles. The maximum absolute atomic E-state index is 12.4. The molecule has 23 heavy (non-hydrogen) atoms. The van der Waals surface area contributed by atoms with E-state index in [4.69, 9.17) is 9.72 Å². The van der Waals surface area contributed by atoms with Crippen molar-refractivity contribution < 1.29 is 9.53 Å². The second kappa shape index (κ2) is 6.83. The number of amides is 1. The van der Waals surface area contributed by atoms with Crippen molar-refractivity contribution in [3.05, 3.63) is 17.6 Å². The van der Waals surface area contributed by atoms with Gasteiger partial charge in [0.05, 0.1) is 12.5 Å². The molecule has 126 valence electrons. The molecule has 1 atom stereocenters. The van der Waals surface area contributed by atoms with Crippen molar-refractivity contribution in [2.24, 2.45) is 5.92 Å². The Morgan fingerprint density at radius 3 is 2.61 bits per heavy atom. The maximum Gasteiger partial charge on any atom is 0.228 e. The molecular formula is C17H26N4O2. The summed E-state index contributed by atoms with van der Waals surface area (Å²) in [6, 6.07) is 2.04. The first-order chi connectivity index (χ1) is 11.0. The zero-order chi connectivity index (χ0) is 16.4. The lowest BCUT2D eigenvalue weighted by molar-refractivity contribution is -0.135. The van der Waals surface area contributed by atoms with Crippen molar-refractivity contribution in [3.8, 4) is 0 Å². The van der Waals surface area contributed by atoms with E-state index in [2.05, 4.69) is 23.7 Å². The summed E-state index contributed by atoms with van der Waals surface area (Å²) in [7, 11) is 0. The van der Waals surface area contributed by atoms with Crippen LogP contribution in [0.3, 0.4) is 0 Å². The first kappa shape index (κ1) is 16.2. The van der Waals surface area contributed by atoms with Crippen LogP contribution in [-0.4, -0.2) is 60.2 Å². The second-order valence-electron chi connectivity index (χ2n) is 6.75. The Balaban J connectivity index is 1.63. The van der Waals surface area contributed by atoms with Crippen molar-refractivity contribution in [3.63, 3.8) is 0 Å². The van der Waals surface area contributed by atoms with E-state index in [1.165, 1.54) is 0 Å². The van der Waals surface area contributed by atoms with Crippen LogP contribution in [0.1, 0.15) is 37.7 Å². The van der Waals surface area contributed by atoms with Crippen LogP contribution < -0.4 is 4.90 Å². The van der Waals surface area contributed by atoms with Gasteiger partial charge < -0.3 is 14.5 Å². The highest BCUT2D eigenvalue weighted by Crippen LogP contribution is 2.21. The van der Waals surface area contributed by atoms with Crippen LogP contribution in [0.5, 0.6) is 0 Å². The molecule has 0 spiro atoms. The van der Waals surface area contributed by atoms with E-state index < -0.39 is 0 Å². The van der Waals surface area contributed by atoms with Gasteiger partial charge in [-0.3, -0.25) is 4.79 Å². The average Bonchev–Trinajstić information content (AvgIpc) is 3.08. The molecule has 1 aromatic rings. The Morgan fingerprint density at radius 2 is 2.00 bits per heavy atom. The molecule has 0 aliphatic carbocycles. The molecule has 0 radical (unpaired) electrons. The number of hydrogen-bond acceptors (Lipinski definition) is 5. The molecule has 2 aliphatic rings. The van der Waals surface area contributed by atoms with Crippen molar-refractivity contribution in [2.75, 3.05) is 44.3 Å². The standard InChI is InChI=1S/C17H26N4O2/c1-12(2)16-18-13(3)10-15(19-16)20-5-7-21(8-6-20)17(22)14-4-9-23-11-14/h10,12,14H,4-9,11H2,1-3H3/t14-/m0/s1. The average molecular weight is 318 g/mol. The van der Waals surface area contributed by atoms with Gasteiger partial charge in [0.2, 0.25) is 5.91 Å². The Bertz CT molecular complexity index is 562. The van der Waals surface area contributed by atoms with Gasteiger partial charge in [0.15, 0.2) is 0 Å². The molecule has 2 saturated heterocycles. The van der Waals surface area contributed by atoms with Gasteiger partial charge in [-0.2, -0.15) is 0 Å². The van der Waals surface area contributed by atoms with Crippen molar-refractivity contribution >= 4 is 11.7 Å². The quantitative estimate of drug-likeness (QED) is 0.847. The van der Waals surface area contributed by atoms with Crippen LogP contribution in [0, 0.1) is 12.8 Å². The normalized spacial score (nSPS) is 22.0. The molecule has 1 amide bonds. The zero-order valence-corrected chi connectivity index (χ0v) is 14.3. The first-order valence-corrected chi connectivity index (χ1v) is 8.51. The fourth-order valence-corrected chi connectivity index (χ4v) is 3.14. The van der Waals surface area contributed by atoms with E-state index in [-0.39, 0.29) is 11.8 Å². The minimum atomic E-state index is 0.0652. The summed E-state index contributed by atoms with van der Waals surface area (Å²) in [6.07, 6.45) is 0.863. The predicted octanol–water partition coefficient (Wildman–Crippen LogP) is 1.59. The van der Waals surface area contributed by atoms with Crippen molar-refractivity contribution in [2.45, 2.75) is 33.1 Å². The fraction of sp³-hybridized carbons (Fsp3) is 0.706. The molecule has 3 rings (SSSR count). The Labute approximate surface area is 137 Å². The lowest BCUT2D eigenvalue weighted by Crippen LogP contribution is -2.50. The molecule has 0 saturated carbocycles. The van der Waals surface area contributed by atoms with Crippen LogP contribution in [0.25, 0.3) is 0 Å². The number of rotatable bonds is 3. The van der Waals surface area contributed by atoms with E-state index in [1.807, 2.05) is 17.9 Å². The first-order valence-electron chi connectivity index (χ1n) is 8.51. The highest BCUT2D eigenvalue weighted by molar-refractivity contribution is 5.79. The van der Waals surface area contributed by atoms with Gasteiger partial charge >= 0.3 is 0 Å². The van der Waals surface area contributed by atoms with Crippen LogP contribution in [0.2, 0.25) is 0 Å². The Morgan fingerprint density at radius 1 is 1.26 bits per heavy atom. The molecule has 0 aromatic carbocycles. The molecule has 0 unspecified atom stereocenters. The predicted molar refractivity (Wildman–Crippen MR) is 88.6 cm³/mol. The van der Waals surface area contributed by atoms with E-state index in [9.17, 15) is 4.79 Å². The van der Waals surface area contributed by atoms with Crippen LogP contribution in [0.15, 0.2) is 6.07 Å². The third-order valence-electron chi connectivity index (χ3n) is 4.57. The van der Waals surface area contributed by atoms with Crippen LogP contribution in [-0.2, 0) is 9.53 Å². The number of carbonyl (C=O) groups is 1. The number of piperazine rings is 1. The van der Waals surface area contributed by atoms with E-state index in [0.717, 1.165) is 49.9 Å². The fourth-order valence-electron chi connectivity index (χ4n) is 3.14. The molecule has 2 aliphatic heterocycles. The Kier molecular flexibility index (Phi) is 4.80. The number of anilines is 1. The third-order valence-corrected chi connectivity index (χ3v) is 4.57. The summed E-state index contributed by atoms with van der Waals surface area (Å²) in [5.41, 5.74) is 1.00. The van der Waals surface area contributed by atoms with Gasteiger partial charge in [0.1, 0.15) is 11.6 Å². The largest absolute Gasteiger partial charge is 0.381 e. The molecule has 0 N–H and O–H groups in total. The molecule has 0 bridgehead atoms. The third kappa shape index (κ3) is 3.63. The summed E-state index contributed by atoms with van der Waals surface area (Å²) in [4.78, 5) is 25.9. The van der Waals surface area contributed by atoms with Gasteiger partial charge in [-0.05, 0) is 13.3 Å². The number of aryl methyl sites for hydroxylation is 1. The number of ether oxygens (including phenoxy) is 1. The highest BCUT2D eigenvalue weighted by atomic mass is 16.5. The van der Waals surface area contributed by atoms with E-state index in [0.29, 0.717) is 19.1 Å². The lowest BCUT2D eigenvalue weighted by atomic mass is 10.1. The summed E-state index contributed by atoms with van der Waals surface area (Å²) in [5, 5.41) is 0. The maximum atomic E-state index is 12.4. The highest BCUT2D eigenvalue weighted by Gasteiger charge is 2.30. The SMILES string of the molecule is Cc1cc(N2CCN(C(=O)[C@H]3CCOC3)CC2)nc(C(C)C)n1. The van der Waals surface area contributed by atoms with Crippen LogP contribution >= 0.6 is 0 Å². The lowest BCUT2D eigenvalue weighted by Gasteiger charge is -2.36. The number of hydrogen-bond donors (Lipinski definition) is 0. The second-order valence-corrected chi connectivity index (χ2v) is 6.75.